The van der Waals surface area contributed by atoms with Crippen molar-refractivity contribution in [2.24, 2.45) is 45.3 Å². The standard InChI is InChI=1S/C30H44O4/c1-17(2)9-8-10-18-24-22(34-26(18)33)16-30(7)20-15-21(31)25-27(3,4)23(32)12-13-28(25,5)19(20)11-14-29(24,30)6/h9,15,18-19,21-22,24-25,31H,8,10-14,16H2,1-7H3/t18-,19+,21-,22+,24-,25-,28-,29+,30-/m1/s1. The molecule has 0 aromatic carbocycles. The highest BCUT2D eigenvalue weighted by Crippen LogP contribution is 2.74. The number of aliphatic hydroxyl groups excluding tert-OH is 1. The molecule has 0 aromatic heterocycles. The number of Topliss-reactive ketones (excluding diaryl/α,β-unsaturated/α-hetero) is 1. The average Bonchev–Trinajstić information content (AvgIpc) is 3.15. The normalized spacial score (nSPS) is 48.8. The molecule has 5 aliphatic rings. The van der Waals surface area contributed by atoms with E-state index in [-0.39, 0.29) is 46.1 Å². The molecule has 188 valence electrons. The van der Waals surface area contributed by atoms with Gasteiger partial charge < -0.3 is 9.84 Å². The number of fused-ring (bicyclic) bond motifs is 7. The molecule has 0 aromatic rings. The number of carbonyl (C=O) groups excluding carboxylic acids is 2. The second-order valence-electron chi connectivity index (χ2n) is 13.8. The zero-order valence-corrected chi connectivity index (χ0v) is 22.2. The van der Waals surface area contributed by atoms with Crippen molar-refractivity contribution in [3.8, 4) is 0 Å². The van der Waals surface area contributed by atoms with Gasteiger partial charge in [0.05, 0.1) is 12.0 Å². The molecule has 1 N–H and O–H groups in total. The highest BCUT2D eigenvalue weighted by Gasteiger charge is 2.71. The third-order valence-electron chi connectivity index (χ3n) is 11.6. The van der Waals surface area contributed by atoms with E-state index in [0.717, 1.165) is 38.5 Å². The molecule has 0 spiro atoms. The van der Waals surface area contributed by atoms with Crippen LogP contribution in [0.1, 0.15) is 93.4 Å². The van der Waals surface area contributed by atoms with Crippen LogP contribution in [0.3, 0.4) is 0 Å². The molecule has 4 fully saturated rings. The summed E-state index contributed by atoms with van der Waals surface area (Å²) < 4.78 is 6.07. The van der Waals surface area contributed by atoms with Crippen LogP contribution in [0.2, 0.25) is 0 Å². The molecule has 0 radical (unpaired) electrons. The summed E-state index contributed by atoms with van der Waals surface area (Å²) in [6.45, 7) is 15.4. The summed E-state index contributed by atoms with van der Waals surface area (Å²) >= 11 is 0. The van der Waals surface area contributed by atoms with Crippen LogP contribution in [0.5, 0.6) is 0 Å². The zero-order valence-electron chi connectivity index (χ0n) is 22.2. The predicted molar refractivity (Wildman–Crippen MR) is 133 cm³/mol. The quantitative estimate of drug-likeness (QED) is 0.406. The Bertz CT molecular complexity index is 970. The minimum Gasteiger partial charge on any atom is -0.462 e. The van der Waals surface area contributed by atoms with E-state index in [2.05, 4.69) is 46.8 Å². The van der Waals surface area contributed by atoms with Crippen molar-refractivity contribution >= 4 is 11.8 Å². The fourth-order valence-corrected chi connectivity index (χ4v) is 9.80. The van der Waals surface area contributed by atoms with Gasteiger partial charge in [0.2, 0.25) is 0 Å². The number of aliphatic hydroxyl groups is 1. The highest BCUT2D eigenvalue weighted by atomic mass is 16.6. The van der Waals surface area contributed by atoms with Crippen LogP contribution in [-0.2, 0) is 14.3 Å². The number of hydrogen-bond acceptors (Lipinski definition) is 4. The number of ketones is 1. The Morgan fingerprint density at radius 3 is 2.53 bits per heavy atom. The van der Waals surface area contributed by atoms with E-state index in [0.29, 0.717) is 18.1 Å². The lowest BCUT2D eigenvalue weighted by Gasteiger charge is -2.63. The Morgan fingerprint density at radius 2 is 1.85 bits per heavy atom. The van der Waals surface area contributed by atoms with Gasteiger partial charge in [-0.25, -0.2) is 0 Å². The van der Waals surface area contributed by atoms with Crippen LogP contribution < -0.4 is 0 Å². The van der Waals surface area contributed by atoms with E-state index >= 15 is 0 Å². The van der Waals surface area contributed by atoms with Gasteiger partial charge in [0.25, 0.3) is 0 Å². The summed E-state index contributed by atoms with van der Waals surface area (Å²) in [5, 5.41) is 11.5. The molecule has 4 heteroatoms. The molecule has 9 atom stereocenters. The number of ether oxygens (including phenoxy) is 1. The fourth-order valence-electron chi connectivity index (χ4n) is 9.80. The molecule has 4 nitrogen and oxygen atoms in total. The van der Waals surface area contributed by atoms with Crippen molar-refractivity contribution < 1.29 is 19.4 Å². The lowest BCUT2D eigenvalue weighted by Crippen LogP contribution is -2.61. The molecular weight excluding hydrogens is 424 g/mol. The van der Waals surface area contributed by atoms with Crippen molar-refractivity contribution in [1.29, 1.82) is 0 Å². The Labute approximate surface area is 205 Å². The van der Waals surface area contributed by atoms with Gasteiger partial charge in [-0.1, -0.05) is 57.9 Å². The summed E-state index contributed by atoms with van der Waals surface area (Å²) in [4.78, 5) is 25.8. The number of rotatable bonds is 3. The van der Waals surface area contributed by atoms with E-state index in [1.54, 1.807) is 0 Å². The van der Waals surface area contributed by atoms with Crippen LogP contribution in [0.25, 0.3) is 0 Å². The first-order chi connectivity index (χ1) is 15.8. The van der Waals surface area contributed by atoms with Gasteiger partial charge in [0.1, 0.15) is 11.9 Å². The van der Waals surface area contributed by atoms with Crippen LogP contribution >= 0.6 is 0 Å². The molecule has 4 aliphatic carbocycles. The van der Waals surface area contributed by atoms with Gasteiger partial charge in [-0.2, -0.15) is 0 Å². The molecule has 3 saturated carbocycles. The van der Waals surface area contributed by atoms with Crippen LogP contribution in [-0.4, -0.2) is 29.1 Å². The number of allylic oxidation sites excluding steroid dienone is 3. The Morgan fingerprint density at radius 1 is 1.15 bits per heavy atom. The van der Waals surface area contributed by atoms with Crippen LogP contribution in [0.4, 0.5) is 0 Å². The summed E-state index contributed by atoms with van der Waals surface area (Å²) in [6, 6.07) is 0. The maximum atomic E-state index is 12.9. The fraction of sp³-hybridized carbons (Fsp3) is 0.800. The van der Waals surface area contributed by atoms with E-state index in [4.69, 9.17) is 4.74 Å². The maximum absolute atomic E-state index is 12.9. The molecule has 0 bridgehead atoms. The van der Waals surface area contributed by atoms with Crippen molar-refractivity contribution in [3.63, 3.8) is 0 Å². The third-order valence-corrected chi connectivity index (χ3v) is 11.6. The van der Waals surface area contributed by atoms with E-state index in [9.17, 15) is 14.7 Å². The summed E-state index contributed by atoms with van der Waals surface area (Å²) in [6.07, 6.45) is 10.0. The Balaban J connectivity index is 1.53. The summed E-state index contributed by atoms with van der Waals surface area (Å²) in [7, 11) is 0. The van der Waals surface area contributed by atoms with E-state index in [1.807, 2.05) is 13.8 Å². The molecule has 1 aliphatic heterocycles. The van der Waals surface area contributed by atoms with Crippen molar-refractivity contribution in [2.75, 3.05) is 0 Å². The molecule has 34 heavy (non-hydrogen) atoms. The molecular formula is C30H44O4. The molecule has 0 unspecified atom stereocenters. The minimum atomic E-state index is -0.605. The second-order valence-corrected chi connectivity index (χ2v) is 13.8. The molecule has 1 saturated heterocycles. The molecule has 0 amide bonds. The summed E-state index contributed by atoms with van der Waals surface area (Å²) in [5.74, 6) is 0.833. The van der Waals surface area contributed by atoms with Crippen molar-refractivity contribution in [2.45, 2.75) is 106 Å². The molecule has 1 heterocycles. The van der Waals surface area contributed by atoms with Gasteiger partial charge in [-0.05, 0) is 74.5 Å². The van der Waals surface area contributed by atoms with Crippen LogP contribution in [0.15, 0.2) is 23.3 Å². The van der Waals surface area contributed by atoms with Crippen molar-refractivity contribution in [1.82, 2.24) is 0 Å². The topological polar surface area (TPSA) is 63.6 Å². The SMILES string of the molecule is CC(C)=CCC[C@H]1C(=O)O[C@H]2C[C@]3(C)C4=C[C@@H](O)[C@@H]5C(C)(C)C(=O)CC[C@]5(C)[C@H]4CC[C@@]3(C)[C@@H]21. The lowest BCUT2D eigenvalue weighted by molar-refractivity contribution is -0.157. The summed E-state index contributed by atoms with van der Waals surface area (Å²) in [5.41, 5.74) is 1.98. The smallest absolute Gasteiger partial charge is 0.309 e. The Hall–Kier alpha value is -1.42. The number of esters is 1. The third kappa shape index (κ3) is 2.99. The van der Waals surface area contributed by atoms with Crippen molar-refractivity contribution in [3.05, 3.63) is 23.3 Å². The van der Waals surface area contributed by atoms with Gasteiger partial charge in [0, 0.05) is 23.7 Å². The minimum absolute atomic E-state index is 0.000202. The Kier molecular flexibility index (Phi) is 5.39. The van der Waals surface area contributed by atoms with E-state index < -0.39 is 11.5 Å². The van der Waals surface area contributed by atoms with Gasteiger partial charge in [-0.15, -0.1) is 0 Å². The zero-order chi connectivity index (χ0) is 24.8. The van der Waals surface area contributed by atoms with Gasteiger partial charge in [0.15, 0.2) is 0 Å². The maximum Gasteiger partial charge on any atom is 0.309 e. The first kappa shape index (κ1) is 24.3. The van der Waals surface area contributed by atoms with Gasteiger partial charge >= 0.3 is 5.97 Å². The number of hydrogen-bond donors (Lipinski definition) is 1. The second kappa shape index (κ2) is 7.54. The first-order valence-corrected chi connectivity index (χ1v) is 13.5. The largest absolute Gasteiger partial charge is 0.462 e. The first-order valence-electron chi connectivity index (χ1n) is 13.5. The molecule has 5 rings (SSSR count). The monoisotopic (exact) mass is 468 g/mol. The predicted octanol–water partition coefficient (Wildman–Crippen LogP) is 6.03. The van der Waals surface area contributed by atoms with Gasteiger partial charge in [-0.3, -0.25) is 9.59 Å². The van der Waals surface area contributed by atoms with E-state index in [1.165, 1.54) is 11.1 Å². The average molecular weight is 469 g/mol. The number of carbonyl (C=O) groups is 2. The highest BCUT2D eigenvalue weighted by molar-refractivity contribution is 5.85. The lowest BCUT2D eigenvalue weighted by atomic mass is 9.40. The van der Waals surface area contributed by atoms with Crippen LogP contribution in [0, 0.1) is 45.3 Å².